The number of hydrogen-bond acceptors (Lipinski definition) is 1. The molecule has 0 aromatic heterocycles. The molecule has 18 heavy (non-hydrogen) atoms. The van der Waals surface area contributed by atoms with Crippen molar-refractivity contribution in [1.82, 2.24) is 0 Å². The molecule has 0 spiro atoms. The third kappa shape index (κ3) is 7.09. The Morgan fingerprint density at radius 2 is 1.72 bits per heavy atom. The van der Waals surface area contributed by atoms with E-state index in [1.54, 1.807) is 0 Å². The minimum Gasteiger partial charge on any atom is -0.413 e. The van der Waals surface area contributed by atoms with Crippen LogP contribution in [0, 0.1) is 0 Å². The van der Waals surface area contributed by atoms with Gasteiger partial charge >= 0.3 is 0 Å². The Labute approximate surface area is 128 Å². The lowest BCUT2D eigenvalue weighted by molar-refractivity contribution is 0.318. The van der Waals surface area contributed by atoms with E-state index in [0.717, 1.165) is 19.4 Å². The normalized spacial score (nSPS) is 15.1. The largest absolute Gasteiger partial charge is 0.413 e. The molecule has 0 radical (unpaired) electrons. The molecule has 0 aromatic carbocycles. The first-order valence-corrected chi connectivity index (χ1v) is 10.8. The van der Waals surface area contributed by atoms with Gasteiger partial charge in [-0.25, -0.2) is 0 Å². The topological polar surface area (TPSA) is 9.23 Å². The van der Waals surface area contributed by atoms with Gasteiger partial charge in [0.15, 0.2) is 8.32 Å². The van der Waals surface area contributed by atoms with Crippen molar-refractivity contribution in [2.45, 2.75) is 65.6 Å². The lowest BCUT2D eigenvalue weighted by Gasteiger charge is -2.36. The highest BCUT2D eigenvalue weighted by atomic mass is 127. The van der Waals surface area contributed by atoms with Crippen LogP contribution in [0.2, 0.25) is 18.1 Å². The smallest absolute Gasteiger partial charge is 0.192 e. The number of allylic oxidation sites excluding steroid dienone is 2. The first-order valence-electron chi connectivity index (χ1n) is 6.65. The number of rotatable bonds is 6. The molecule has 0 saturated carbocycles. The van der Waals surface area contributed by atoms with Gasteiger partial charge in [-0.15, -0.1) is 0 Å². The van der Waals surface area contributed by atoms with Gasteiger partial charge in [-0.1, -0.05) is 60.6 Å². The predicted molar refractivity (Wildman–Crippen MR) is 93.9 cm³/mol. The minimum absolute atomic E-state index is 0.299. The summed E-state index contributed by atoms with van der Waals surface area (Å²) in [5.41, 5.74) is 2.81. The molecule has 0 N–H and O–H groups in total. The fraction of sp³-hybridized carbons (Fsp3) is 0.733. The third-order valence-corrected chi connectivity index (χ3v) is 9.23. The van der Waals surface area contributed by atoms with E-state index >= 15 is 0 Å². The van der Waals surface area contributed by atoms with E-state index in [2.05, 4.69) is 80.5 Å². The molecule has 0 fully saturated rings. The van der Waals surface area contributed by atoms with Gasteiger partial charge in [0.2, 0.25) is 0 Å². The molecule has 0 aliphatic rings. The lowest BCUT2D eigenvalue weighted by atomic mass is 10.1. The summed E-state index contributed by atoms with van der Waals surface area (Å²) in [5, 5.41) is 0.299. The molecule has 0 amide bonds. The van der Waals surface area contributed by atoms with Crippen LogP contribution in [0.4, 0.5) is 0 Å². The molecule has 0 aromatic rings. The molecule has 3 heteroatoms. The van der Waals surface area contributed by atoms with Crippen molar-refractivity contribution in [1.29, 1.82) is 0 Å². The van der Waals surface area contributed by atoms with Gasteiger partial charge in [0.25, 0.3) is 0 Å². The van der Waals surface area contributed by atoms with Gasteiger partial charge in [-0.2, -0.15) is 0 Å². The molecule has 0 heterocycles. The van der Waals surface area contributed by atoms with E-state index < -0.39 is 8.32 Å². The fourth-order valence-corrected chi connectivity index (χ4v) is 2.50. The van der Waals surface area contributed by atoms with E-state index in [4.69, 9.17) is 4.43 Å². The van der Waals surface area contributed by atoms with E-state index in [-0.39, 0.29) is 0 Å². The average Bonchev–Trinajstić information content (AvgIpc) is 2.24. The summed E-state index contributed by atoms with van der Waals surface area (Å²) < 4.78 is 8.35. The maximum Gasteiger partial charge on any atom is 0.192 e. The summed E-state index contributed by atoms with van der Waals surface area (Å²) in [4.78, 5) is 0. The number of halogens is 1. The molecule has 1 nitrogen and oxygen atoms in total. The van der Waals surface area contributed by atoms with E-state index in [0.29, 0.717) is 5.04 Å². The van der Waals surface area contributed by atoms with Crippen LogP contribution in [0.25, 0.3) is 0 Å². The van der Waals surface area contributed by atoms with Gasteiger partial charge < -0.3 is 4.43 Å². The molecule has 0 rings (SSSR count). The first-order chi connectivity index (χ1) is 8.10. The quantitative estimate of drug-likeness (QED) is 0.309. The van der Waals surface area contributed by atoms with Crippen LogP contribution in [0.15, 0.2) is 21.3 Å². The Balaban J connectivity index is 4.18. The van der Waals surface area contributed by atoms with Crippen molar-refractivity contribution in [2.75, 3.05) is 6.61 Å². The Morgan fingerprint density at radius 3 is 2.17 bits per heavy atom. The molecule has 0 atom stereocenters. The van der Waals surface area contributed by atoms with Gasteiger partial charge in [0.1, 0.15) is 0 Å². The van der Waals surface area contributed by atoms with Gasteiger partial charge in [-0.3, -0.25) is 0 Å². The van der Waals surface area contributed by atoms with E-state index in [1.807, 2.05) is 0 Å². The first kappa shape index (κ1) is 18.4. The highest BCUT2D eigenvalue weighted by molar-refractivity contribution is 14.1. The molecule has 0 unspecified atom stereocenters. The van der Waals surface area contributed by atoms with E-state index in [1.165, 1.54) is 11.1 Å². The Hall–Kier alpha value is 0.387. The number of hydrogen-bond donors (Lipinski definition) is 0. The van der Waals surface area contributed by atoms with Gasteiger partial charge in [-0.05, 0) is 48.9 Å². The SMILES string of the molecule is C/C(=C\I)CC/C=C(\C)CO[Si](C)(C)C(C)(C)C. The van der Waals surface area contributed by atoms with Crippen LogP contribution in [0.5, 0.6) is 0 Å². The monoisotopic (exact) mass is 380 g/mol. The summed E-state index contributed by atoms with van der Waals surface area (Å²) in [6, 6.07) is 0. The van der Waals surface area contributed by atoms with Crippen molar-refractivity contribution in [2.24, 2.45) is 0 Å². The van der Waals surface area contributed by atoms with Crippen molar-refractivity contribution in [3.05, 3.63) is 21.3 Å². The molecular formula is C15H29IOSi. The van der Waals surface area contributed by atoms with Crippen LogP contribution in [0.3, 0.4) is 0 Å². The zero-order chi connectivity index (χ0) is 14.4. The maximum absolute atomic E-state index is 6.19. The highest BCUT2D eigenvalue weighted by Gasteiger charge is 2.36. The van der Waals surface area contributed by atoms with Crippen molar-refractivity contribution >= 4 is 30.9 Å². The summed E-state index contributed by atoms with van der Waals surface area (Å²) in [6.07, 6.45) is 4.59. The summed E-state index contributed by atoms with van der Waals surface area (Å²) in [7, 11) is -1.59. The highest BCUT2D eigenvalue weighted by Crippen LogP contribution is 2.36. The summed E-state index contributed by atoms with van der Waals surface area (Å²) in [5.74, 6) is 0. The Morgan fingerprint density at radius 1 is 1.17 bits per heavy atom. The predicted octanol–water partition coefficient (Wildman–Crippen LogP) is 6.07. The minimum atomic E-state index is -1.59. The van der Waals surface area contributed by atoms with Crippen LogP contribution in [-0.4, -0.2) is 14.9 Å². The maximum atomic E-state index is 6.19. The van der Waals surface area contributed by atoms with Crippen molar-refractivity contribution in [3.63, 3.8) is 0 Å². The average molecular weight is 380 g/mol. The Bertz CT molecular complexity index is 311. The zero-order valence-corrected chi connectivity index (χ0v) is 16.2. The van der Waals surface area contributed by atoms with Crippen molar-refractivity contribution < 1.29 is 4.43 Å². The van der Waals surface area contributed by atoms with Crippen LogP contribution < -0.4 is 0 Å². The lowest BCUT2D eigenvalue weighted by Crippen LogP contribution is -2.41. The van der Waals surface area contributed by atoms with Gasteiger partial charge in [0.05, 0.1) is 6.61 Å². The molecule has 0 aliphatic carbocycles. The molecular weight excluding hydrogens is 351 g/mol. The third-order valence-electron chi connectivity index (χ3n) is 3.68. The second kappa shape index (κ2) is 7.85. The van der Waals surface area contributed by atoms with Gasteiger partial charge in [0, 0.05) is 0 Å². The molecule has 106 valence electrons. The second-order valence-corrected chi connectivity index (χ2v) is 12.0. The summed E-state index contributed by atoms with van der Waals surface area (Å²) in [6.45, 7) is 16.6. The summed E-state index contributed by atoms with van der Waals surface area (Å²) >= 11 is 2.30. The van der Waals surface area contributed by atoms with E-state index in [9.17, 15) is 0 Å². The molecule has 0 aliphatic heterocycles. The second-order valence-electron chi connectivity index (χ2n) is 6.59. The van der Waals surface area contributed by atoms with Crippen LogP contribution in [-0.2, 0) is 4.43 Å². The molecule has 0 bridgehead atoms. The Kier molecular flexibility index (Phi) is 8.02. The standard InChI is InChI=1S/C15H29IOSi/c1-13(11-16)9-8-10-14(2)12-17-18(6,7)15(3,4)5/h10-11H,8-9,12H2,1-7H3/b13-11+,14-10+. The van der Waals surface area contributed by atoms with Crippen LogP contribution >= 0.6 is 22.6 Å². The molecule has 0 saturated heterocycles. The van der Waals surface area contributed by atoms with Crippen LogP contribution in [0.1, 0.15) is 47.5 Å². The van der Waals surface area contributed by atoms with Crippen molar-refractivity contribution in [3.8, 4) is 0 Å². The fourth-order valence-electron chi connectivity index (χ4n) is 1.17. The zero-order valence-electron chi connectivity index (χ0n) is 13.1.